The lowest BCUT2D eigenvalue weighted by Crippen LogP contribution is -2.10. The first-order valence-electron chi connectivity index (χ1n) is 4.48. The van der Waals surface area contributed by atoms with Crippen molar-refractivity contribution in [1.82, 2.24) is 0 Å². The van der Waals surface area contributed by atoms with Crippen LogP contribution in [0.15, 0.2) is 29.9 Å². The minimum Gasteiger partial charge on any atom is -0.398 e. The van der Waals surface area contributed by atoms with Crippen LogP contribution in [0.4, 0.5) is 18.9 Å². The number of aliphatic imine (C=N–C) groups is 1. The molecule has 0 saturated heterocycles. The van der Waals surface area contributed by atoms with Crippen molar-refractivity contribution in [3.8, 4) is 0 Å². The first kappa shape index (κ1) is 12.3. The summed E-state index contributed by atoms with van der Waals surface area (Å²) in [7, 11) is 0. The van der Waals surface area contributed by atoms with Crippen molar-refractivity contribution in [3.05, 3.63) is 41.6 Å². The number of alkyl halides is 3. The predicted molar refractivity (Wildman–Crippen MR) is 58.4 cm³/mol. The molecule has 0 saturated carbocycles. The van der Waals surface area contributed by atoms with Crippen molar-refractivity contribution in [2.45, 2.75) is 13.1 Å². The van der Waals surface area contributed by atoms with Gasteiger partial charge in [0.2, 0.25) is 0 Å². The molecule has 0 radical (unpaired) electrons. The van der Waals surface area contributed by atoms with Crippen molar-refractivity contribution in [1.29, 1.82) is 0 Å². The second-order valence-corrected chi connectivity index (χ2v) is 3.20. The molecule has 0 amide bonds. The van der Waals surface area contributed by atoms with Crippen LogP contribution in [0.5, 0.6) is 0 Å². The van der Waals surface area contributed by atoms with Gasteiger partial charge in [0.25, 0.3) is 0 Å². The normalized spacial score (nSPS) is 12.0. The average Bonchev–Trinajstić information content (AvgIpc) is 2.15. The van der Waals surface area contributed by atoms with Crippen molar-refractivity contribution in [3.63, 3.8) is 0 Å². The van der Waals surface area contributed by atoms with Crippen LogP contribution < -0.4 is 5.73 Å². The lowest BCUT2D eigenvalue weighted by Gasteiger charge is -2.13. The van der Waals surface area contributed by atoms with Gasteiger partial charge in [-0.3, -0.25) is 4.99 Å². The quantitative estimate of drug-likeness (QED) is 0.612. The summed E-state index contributed by atoms with van der Waals surface area (Å²) < 4.78 is 37.7. The highest BCUT2D eigenvalue weighted by atomic mass is 19.4. The van der Waals surface area contributed by atoms with Crippen molar-refractivity contribution in [2.24, 2.45) is 4.99 Å². The van der Waals surface area contributed by atoms with Crippen molar-refractivity contribution < 1.29 is 13.2 Å². The molecule has 0 aromatic heterocycles. The average molecular weight is 228 g/mol. The Morgan fingerprint density at radius 3 is 2.50 bits per heavy atom. The first-order chi connectivity index (χ1) is 7.38. The molecular formula is C11H11F3N2. The maximum absolute atomic E-state index is 12.6. The largest absolute Gasteiger partial charge is 0.416 e. The standard InChI is InChI=1S/C11H11F3N2/c1-3-16-6-8-7(2)9(11(12,13)14)4-5-10(8)15/h3-6H,1,15H2,2H3. The van der Waals surface area contributed by atoms with Gasteiger partial charge in [-0.2, -0.15) is 13.2 Å². The van der Waals surface area contributed by atoms with Crippen LogP contribution >= 0.6 is 0 Å². The van der Waals surface area contributed by atoms with E-state index in [4.69, 9.17) is 5.73 Å². The number of nitrogens with two attached hydrogens (primary N) is 1. The number of anilines is 1. The zero-order chi connectivity index (χ0) is 12.3. The summed E-state index contributed by atoms with van der Waals surface area (Å²) >= 11 is 0. The van der Waals surface area contributed by atoms with Crippen LogP contribution in [0.2, 0.25) is 0 Å². The van der Waals surface area contributed by atoms with E-state index in [-0.39, 0.29) is 16.8 Å². The van der Waals surface area contributed by atoms with E-state index >= 15 is 0 Å². The van der Waals surface area contributed by atoms with E-state index in [9.17, 15) is 13.2 Å². The Kier molecular flexibility index (Phi) is 3.37. The Morgan fingerprint density at radius 1 is 1.38 bits per heavy atom. The van der Waals surface area contributed by atoms with Crippen molar-refractivity contribution >= 4 is 11.9 Å². The van der Waals surface area contributed by atoms with Crippen LogP contribution in [0.25, 0.3) is 0 Å². The molecule has 1 rings (SSSR count). The lowest BCUT2D eigenvalue weighted by molar-refractivity contribution is -0.138. The highest BCUT2D eigenvalue weighted by molar-refractivity contribution is 5.89. The molecule has 2 N–H and O–H groups in total. The van der Waals surface area contributed by atoms with E-state index < -0.39 is 11.7 Å². The van der Waals surface area contributed by atoms with Crippen LogP contribution in [0, 0.1) is 6.92 Å². The summed E-state index contributed by atoms with van der Waals surface area (Å²) in [5.74, 6) is 0. The van der Waals surface area contributed by atoms with Crippen LogP contribution in [0.3, 0.4) is 0 Å². The monoisotopic (exact) mass is 228 g/mol. The minimum absolute atomic E-state index is 0.0677. The number of nitrogens with zero attached hydrogens (tertiary/aromatic N) is 1. The molecule has 0 fully saturated rings. The summed E-state index contributed by atoms with van der Waals surface area (Å²) in [6, 6.07) is 2.19. The van der Waals surface area contributed by atoms with Gasteiger partial charge < -0.3 is 5.73 Å². The molecule has 0 aliphatic rings. The Bertz CT molecular complexity index is 434. The van der Waals surface area contributed by atoms with E-state index in [1.165, 1.54) is 25.4 Å². The minimum atomic E-state index is -4.38. The summed E-state index contributed by atoms with van der Waals surface area (Å²) in [6.45, 7) is 4.71. The second kappa shape index (κ2) is 4.38. The Morgan fingerprint density at radius 2 is 2.00 bits per heavy atom. The van der Waals surface area contributed by atoms with Gasteiger partial charge in [-0.05, 0) is 24.6 Å². The van der Waals surface area contributed by atoms with Crippen LogP contribution in [-0.2, 0) is 6.18 Å². The lowest BCUT2D eigenvalue weighted by atomic mass is 10.0. The first-order valence-corrected chi connectivity index (χ1v) is 4.48. The maximum Gasteiger partial charge on any atom is 0.416 e. The van der Waals surface area contributed by atoms with Gasteiger partial charge in [0.1, 0.15) is 0 Å². The fourth-order valence-electron chi connectivity index (χ4n) is 1.36. The summed E-state index contributed by atoms with van der Waals surface area (Å²) in [5, 5.41) is 0. The number of hydrogen-bond acceptors (Lipinski definition) is 2. The molecule has 0 bridgehead atoms. The fourth-order valence-corrected chi connectivity index (χ4v) is 1.36. The molecule has 16 heavy (non-hydrogen) atoms. The van der Waals surface area contributed by atoms with E-state index in [1.807, 2.05) is 0 Å². The topological polar surface area (TPSA) is 38.4 Å². The molecule has 0 aliphatic carbocycles. The molecule has 0 spiro atoms. The third kappa shape index (κ3) is 2.42. The maximum atomic E-state index is 12.6. The summed E-state index contributed by atoms with van der Waals surface area (Å²) in [6.07, 6.45) is -1.87. The molecule has 0 atom stereocenters. The molecule has 0 unspecified atom stereocenters. The molecular weight excluding hydrogens is 217 g/mol. The highest BCUT2D eigenvalue weighted by Crippen LogP contribution is 2.34. The van der Waals surface area contributed by atoms with Gasteiger partial charge in [-0.15, -0.1) is 0 Å². The van der Waals surface area contributed by atoms with E-state index in [1.54, 1.807) is 0 Å². The van der Waals surface area contributed by atoms with Gasteiger partial charge in [-0.1, -0.05) is 6.58 Å². The second-order valence-electron chi connectivity index (χ2n) is 3.20. The third-order valence-electron chi connectivity index (χ3n) is 2.16. The van der Waals surface area contributed by atoms with Crippen molar-refractivity contribution in [2.75, 3.05) is 5.73 Å². The van der Waals surface area contributed by atoms with E-state index in [0.29, 0.717) is 0 Å². The fraction of sp³-hybridized carbons (Fsp3) is 0.182. The number of benzene rings is 1. The van der Waals surface area contributed by atoms with Gasteiger partial charge in [0.15, 0.2) is 0 Å². The number of halogens is 3. The summed E-state index contributed by atoms with van der Waals surface area (Å²) in [4.78, 5) is 3.68. The van der Waals surface area contributed by atoms with Crippen LogP contribution in [-0.4, -0.2) is 6.21 Å². The molecule has 86 valence electrons. The molecule has 2 nitrogen and oxygen atoms in total. The zero-order valence-corrected chi connectivity index (χ0v) is 8.67. The van der Waals surface area contributed by atoms with E-state index in [0.717, 1.165) is 6.07 Å². The predicted octanol–water partition coefficient (Wildman–Crippen LogP) is 3.16. The van der Waals surface area contributed by atoms with Gasteiger partial charge in [0.05, 0.1) is 5.56 Å². The van der Waals surface area contributed by atoms with Crippen LogP contribution in [0.1, 0.15) is 16.7 Å². The van der Waals surface area contributed by atoms with Gasteiger partial charge in [-0.25, -0.2) is 0 Å². The molecule has 0 heterocycles. The molecule has 0 aliphatic heterocycles. The Labute approximate surface area is 91.3 Å². The van der Waals surface area contributed by atoms with Gasteiger partial charge in [0, 0.05) is 23.7 Å². The van der Waals surface area contributed by atoms with E-state index in [2.05, 4.69) is 11.6 Å². The Balaban J connectivity index is 3.38. The zero-order valence-electron chi connectivity index (χ0n) is 8.67. The SMILES string of the molecule is C=CN=Cc1c(N)ccc(C(F)(F)F)c1C. The number of nitrogen functional groups attached to an aromatic ring is 1. The smallest absolute Gasteiger partial charge is 0.398 e. The molecule has 5 heteroatoms. The molecule has 1 aromatic rings. The Hall–Kier alpha value is -1.78. The number of rotatable bonds is 2. The molecule has 1 aromatic carbocycles. The van der Waals surface area contributed by atoms with Gasteiger partial charge >= 0.3 is 6.18 Å². The summed E-state index contributed by atoms with van der Waals surface area (Å²) in [5.41, 5.74) is 5.48. The number of hydrogen-bond donors (Lipinski definition) is 1. The third-order valence-corrected chi connectivity index (χ3v) is 2.16. The highest BCUT2D eigenvalue weighted by Gasteiger charge is 2.33.